The standard InChI is InChI=1S/C9H17N3O/c1-7(13-3)4-10-5-9-6-11-12-8(9)2/h6-7,10H,4-5H2,1-3H3,(H,11,12). The molecule has 0 saturated heterocycles. The van der Waals surface area contributed by atoms with Crippen molar-refractivity contribution in [2.45, 2.75) is 26.5 Å². The highest BCUT2D eigenvalue weighted by Gasteiger charge is 2.01. The molecule has 0 fully saturated rings. The number of hydrogen-bond acceptors (Lipinski definition) is 3. The van der Waals surface area contributed by atoms with Crippen molar-refractivity contribution in [1.82, 2.24) is 15.5 Å². The van der Waals surface area contributed by atoms with Gasteiger partial charge in [0.2, 0.25) is 0 Å². The van der Waals surface area contributed by atoms with Gasteiger partial charge < -0.3 is 10.1 Å². The Morgan fingerprint density at radius 1 is 1.69 bits per heavy atom. The molecule has 0 aliphatic carbocycles. The molecule has 0 aliphatic rings. The maximum atomic E-state index is 5.11. The Labute approximate surface area is 78.7 Å². The fourth-order valence-electron chi connectivity index (χ4n) is 1.05. The number of H-pyrrole nitrogens is 1. The van der Waals surface area contributed by atoms with E-state index >= 15 is 0 Å². The molecule has 13 heavy (non-hydrogen) atoms. The van der Waals surface area contributed by atoms with Crippen molar-refractivity contribution in [2.75, 3.05) is 13.7 Å². The second kappa shape index (κ2) is 4.99. The molecule has 0 bridgehead atoms. The molecule has 1 heterocycles. The van der Waals surface area contributed by atoms with Crippen LogP contribution in [-0.2, 0) is 11.3 Å². The van der Waals surface area contributed by atoms with Crippen LogP contribution in [0.4, 0.5) is 0 Å². The maximum absolute atomic E-state index is 5.11. The molecule has 0 aliphatic heterocycles. The Morgan fingerprint density at radius 2 is 2.46 bits per heavy atom. The van der Waals surface area contributed by atoms with E-state index in [-0.39, 0.29) is 6.10 Å². The summed E-state index contributed by atoms with van der Waals surface area (Å²) in [6.07, 6.45) is 2.10. The smallest absolute Gasteiger partial charge is 0.0667 e. The number of methoxy groups -OCH3 is 1. The predicted molar refractivity (Wildman–Crippen MR) is 51.5 cm³/mol. The van der Waals surface area contributed by atoms with Crippen LogP contribution in [0.25, 0.3) is 0 Å². The van der Waals surface area contributed by atoms with Gasteiger partial charge in [-0.25, -0.2) is 0 Å². The van der Waals surface area contributed by atoms with Crippen LogP contribution in [0.5, 0.6) is 0 Å². The van der Waals surface area contributed by atoms with Gasteiger partial charge in [0.15, 0.2) is 0 Å². The molecule has 2 N–H and O–H groups in total. The number of aromatic amines is 1. The van der Waals surface area contributed by atoms with Crippen molar-refractivity contribution in [3.05, 3.63) is 17.5 Å². The zero-order valence-corrected chi connectivity index (χ0v) is 8.42. The lowest BCUT2D eigenvalue weighted by Gasteiger charge is -2.09. The van der Waals surface area contributed by atoms with Crippen LogP contribution in [0.2, 0.25) is 0 Å². The summed E-state index contributed by atoms with van der Waals surface area (Å²) in [7, 11) is 1.72. The van der Waals surface area contributed by atoms with Gasteiger partial charge in [-0.1, -0.05) is 0 Å². The minimum Gasteiger partial charge on any atom is -0.380 e. The van der Waals surface area contributed by atoms with Crippen molar-refractivity contribution >= 4 is 0 Å². The van der Waals surface area contributed by atoms with Crippen molar-refractivity contribution < 1.29 is 4.74 Å². The van der Waals surface area contributed by atoms with E-state index in [1.54, 1.807) is 7.11 Å². The lowest BCUT2D eigenvalue weighted by molar-refractivity contribution is 0.117. The summed E-state index contributed by atoms with van der Waals surface area (Å²) in [5.41, 5.74) is 2.33. The second-order valence-electron chi connectivity index (χ2n) is 3.20. The first-order valence-electron chi connectivity index (χ1n) is 4.46. The van der Waals surface area contributed by atoms with Crippen LogP contribution in [0, 0.1) is 6.92 Å². The van der Waals surface area contributed by atoms with E-state index in [1.165, 1.54) is 5.56 Å². The third kappa shape index (κ3) is 3.16. The van der Waals surface area contributed by atoms with Gasteiger partial charge in [-0.05, 0) is 13.8 Å². The fraction of sp³-hybridized carbons (Fsp3) is 0.667. The van der Waals surface area contributed by atoms with Gasteiger partial charge in [0, 0.05) is 31.5 Å². The number of aromatic nitrogens is 2. The Morgan fingerprint density at radius 3 is 3.00 bits per heavy atom. The Hall–Kier alpha value is -0.870. The molecule has 4 nitrogen and oxygen atoms in total. The first-order valence-corrected chi connectivity index (χ1v) is 4.46. The molecule has 1 atom stereocenters. The summed E-state index contributed by atoms with van der Waals surface area (Å²) in [6, 6.07) is 0. The largest absolute Gasteiger partial charge is 0.380 e. The number of nitrogens with one attached hydrogen (secondary N) is 2. The molecule has 1 unspecified atom stereocenters. The average Bonchev–Trinajstić information content (AvgIpc) is 2.52. The number of nitrogens with zero attached hydrogens (tertiary/aromatic N) is 1. The summed E-state index contributed by atoms with van der Waals surface area (Å²) in [6.45, 7) is 5.76. The number of aryl methyl sites for hydroxylation is 1. The molecule has 74 valence electrons. The monoisotopic (exact) mass is 183 g/mol. The van der Waals surface area contributed by atoms with Crippen LogP contribution in [0.1, 0.15) is 18.2 Å². The average molecular weight is 183 g/mol. The van der Waals surface area contributed by atoms with Gasteiger partial charge in [-0.15, -0.1) is 0 Å². The summed E-state index contributed by atoms with van der Waals surface area (Å²) in [5, 5.41) is 10.1. The van der Waals surface area contributed by atoms with Crippen molar-refractivity contribution in [3.8, 4) is 0 Å². The highest BCUT2D eigenvalue weighted by atomic mass is 16.5. The SMILES string of the molecule is COC(C)CNCc1cn[nH]c1C. The third-order valence-electron chi connectivity index (χ3n) is 2.08. The number of ether oxygens (including phenoxy) is 1. The van der Waals surface area contributed by atoms with E-state index in [0.717, 1.165) is 18.8 Å². The number of hydrogen-bond donors (Lipinski definition) is 2. The summed E-state index contributed by atoms with van der Waals surface area (Å²) in [4.78, 5) is 0. The first-order chi connectivity index (χ1) is 6.24. The predicted octanol–water partition coefficient (Wildman–Crippen LogP) is 0.843. The number of rotatable bonds is 5. The Bertz CT molecular complexity index is 247. The molecule has 0 spiro atoms. The molecule has 1 aromatic heterocycles. The molecule has 0 aromatic carbocycles. The van der Waals surface area contributed by atoms with Gasteiger partial charge in [0.05, 0.1) is 12.3 Å². The third-order valence-corrected chi connectivity index (χ3v) is 2.08. The molecule has 1 rings (SSSR count). The maximum Gasteiger partial charge on any atom is 0.0667 e. The van der Waals surface area contributed by atoms with Crippen LogP contribution >= 0.6 is 0 Å². The second-order valence-corrected chi connectivity index (χ2v) is 3.20. The van der Waals surface area contributed by atoms with Gasteiger partial charge >= 0.3 is 0 Å². The van der Waals surface area contributed by atoms with Gasteiger partial charge in [-0.3, -0.25) is 5.10 Å². The lowest BCUT2D eigenvalue weighted by atomic mass is 10.2. The van der Waals surface area contributed by atoms with Crippen molar-refractivity contribution in [3.63, 3.8) is 0 Å². The van der Waals surface area contributed by atoms with E-state index < -0.39 is 0 Å². The molecule has 0 saturated carbocycles. The molecular formula is C9H17N3O. The van der Waals surface area contributed by atoms with E-state index in [2.05, 4.69) is 15.5 Å². The zero-order chi connectivity index (χ0) is 9.68. The van der Waals surface area contributed by atoms with Gasteiger partial charge in [-0.2, -0.15) is 5.10 Å². The van der Waals surface area contributed by atoms with Gasteiger partial charge in [0.25, 0.3) is 0 Å². The lowest BCUT2D eigenvalue weighted by Crippen LogP contribution is -2.25. The van der Waals surface area contributed by atoms with Crippen LogP contribution in [0.15, 0.2) is 6.20 Å². The fourth-order valence-corrected chi connectivity index (χ4v) is 1.05. The highest BCUT2D eigenvalue weighted by molar-refractivity contribution is 5.13. The van der Waals surface area contributed by atoms with Gasteiger partial charge in [0.1, 0.15) is 0 Å². The Kier molecular flexibility index (Phi) is 3.92. The van der Waals surface area contributed by atoms with E-state index in [0.29, 0.717) is 0 Å². The normalized spacial score (nSPS) is 13.2. The first kappa shape index (κ1) is 10.2. The molecule has 0 radical (unpaired) electrons. The summed E-state index contributed by atoms with van der Waals surface area (Å²) >= 11 is 0. The quantitative estimate of drug-likeness (QED) is 0.711. The minimum atomic E-state index is 0.257. The van der Waals surface area contributed by atoms with E-state index in [1.807, 2.05) is 20.0 Å². The molecule has 4 heteroatoms. The zero-order valence-electron chi connectivity index (χ0n) is 8.42. The molecular weight excluding hydrogens is 166 g/mol. The van der Waals surface area contributed by atoms with Crippen molar-refractivity contribution in [1.29, 1.82) is 0 Å². The minimum absolute atomic E-state index is 0.257. The Balaban J connectivity index is 2.24. The van der Waals surface area contributed by atoms with E-state index in [9.17, 15) is 0 Å². The van der Waals surface area contributed by atoms with Crippen molar-refractivity contribution in [2.24, 2.45) is 0 Å². The topological polar surface area (TPSA) is 49.9 Å². The summed E-state index contributed by atoms with van der Waals surface area (Å²) in [5.74, 6) is 0. The summed E-state index contributed by atoms with van der Waals surface area (Å²) < 4.78 is 5.11. The van der Waals surface area contributed by atoms with Crippen LogP contribution in [0.3, 0.4) is 0 Å². The van der Waals surface area contributed by atoms with E-state index in [4.69, 9.17) is 4.74 Å². The molecule has 1 aromatic rings. The van der Waals surface area contributed by atoms with Crippen LogP contribution < -0.4 is 5.32 Å². The highest BCUT2D eigenvalue weighted by Crippen LogP contribution is 2.01. The van der Waals surface area contributed by atoms with Crippen LogP contribution in [-0.4, -0.2) is 30.0 Å². The molecule has 0 amide bonds.